The van der Waals surface area contributed by atoms with Crippen LogP contribution in [0.1, 0.15) is 11.1 Å². The topological polar surface area (TPSA) is 40.6 Å². The summed E-state index contributed by atoms with van der Waals surface area (Å²) >= 11 is 0. The van der Waals surface area contributed by atoms with Crippen molar-refractivity contribution in [1.29, 1.82) is 0 Å². The SMILES string of the molecule is CN1C(=O)C2=C(c3cccc4ccccc34)N(C)C(=O)C2=C1c1cccc2ccccc12. The number of carbonyl (C=O) groups excluding carboxylic acids is 2. The van der Waals surface area contributed by atoms with Crippen molar-refractivity contribution in [2.75, 3.05) is 14.1 Å². The first-order chi connectivity index (χ1) is 15.6. The molecule has 0 bridgehead atoms. The largest absolute Gasteiger partial charge is 0.310 e. The maximum Gasteiger partial charge on any atom is 0.261 e. The number of nitrogens with zero attached hydrogens (tertiary/aromatic N) is 2. The highest BCUT2D eigenvalue weighted by atomic mass is 16.2. The normalized spacial score (nSPS) is 16.2. The third-order valence-corrected chi connectivity index (χ3v) is 6.52. The van der Waals surface area contributed by atoms with E-state index in [2.05, 4.69) is 0 Å². The Bertz CT molecular complexity index is 1420. The maximum atomic E-state index is 13.6. The van der Waals surface area contributed by atoms with Gasteiger partial charge in [-0.15, -0.1) is 0 Å². The van der Waals surface area contributed by atoms with Crippen molar-refractivity contribution < 1.29 is 9.59 Å². The zero-order chi connectivity index (χ0) is 22.0. The molecule has 2 heterocycles. The lowest BCUT2D eigenvalue weighted by Gasteiger charge is -2.21. The summed E-state index contributed by atoms with van der Waals surface area (Å²) in [5.41, 5.74) is 4.11. The van der Waals surface area contributed by atoms with Crippen molar-refractivity contribution in [2.45, 2.75) is 0 Å². The lowest BCUT2D eigenvalue weighted by molar-refractivity contribution is -0.123. The molecule has 0 unspecified atom stereocenters. The van der Waals surface area contributed by atoms with Crippen LogP contribution in [-0.2, 0) is 9.59 Å². The van der Waals surface area contributed by atoms with Gasteiger partial charge in [0.2, 0.25) is 0 Å². The summed E-state index contributed by atoms with van der Waals surface area (Å²) in [6.07, 6.45) is 0. The molecule has 2 aliphatic rings. The smallest absolute Gasteiger partial charge is 0.261 e. The molecule has 4 heteroatoms. The average Bonchev–Trinajstić information content (AvgIpc) is 3.23. The molecule has 0 saturated heterocycles. The van der Waals surface area contributed by atoms with Crippen molar-refractivity contribution in [3.8, 4) is 0 Å². The first kappa shape index (κ1) is 18.6. The second-order valence-electron chi connectivity index (χ2n) is 8.23. The van der Waals surface area contributed by atoms with E-state index in [0.717, 1.165) is 32.7 Å². The van der Waals surface area contributed by atoms with Crippen LogP contribution in [-0.4, -0.2) is 35.7 Å². The molecule has 0 aromatic heterocycles. The molecule has 32 heavy (non-hydrogen) atoms. The molecule has 0 saturated carbocycles. The highest BCUT2D eigenvalue weighted by Crippen LogP contribution is 2.47. The molecule has 0 aliphatic carbocycles. The lowest BCUT2D eigenvalue weighted by Crippen LogP contribution is -2.25. The van der Waals surface area contributed by atoms with Crippen LogP contribution in [0.4, 0.5) is 0 Å². The van der Waals surface area contributed by atoms with Crippen molar-refractivity contribution in [2.24, 2.45) is 0 Å². The summed E-state index contributed by atoms with van der Waals surface area (Å²) in [5, 5.41) is 4.19. The van der Waals surface area contributed by atoms with Gasteiger partial charge in [0, 0.05) is 25.2 Å². The van der Waals surface area contributed by atoms with Crippen molar-refractivity contribution in [1.82, 2.24) is 9.80 Å². The van der Waals surface area contributed by atoms with Crippen LogP contribution in [0.25, 0.3) is 32.9 Å². The third-order valence-electron chi connectivity index (χ3n) is 6.52. The van der Waals surface area contributed by atoms with E-state index in [1.165, 1.54) is 0 Å². The van der Waals surface area contributed by atoms with Gasteiger partial charge in [-0.1, -0.05) is 84.9 Å². The van der Waals surface area contributed by atoms with Crippen LogP contribution < -0.4 is 0 Å². The molecular formula is C28H20N2O2. The molecule has 0 fully saturated rings. The highest BCUT2D eigenvalue weighted by Gasteiger charge is 2.47. The van der Waals surface area contributed by atoms with E-state index < -0.39 is 0 Å². The van der Waals surface area contributed by atoms with Gasteiger partial charge >= 0.3 is 0 Å². The van der Waals surface area contributed by atoms with E-state index >= 15 is 0 Å². The minimum atomic E-state index is -0.149. The Morgan fingerprint density at radius 2 is 0.875 bits per heavy atom. The lowest BCUT2D eigenvalue weighted by atomic mass is 9.96. The summed E-state index contributed by atoms with van der Waals surface area (Å²) in [4.78, 5) is 30.4. The Labute approximate surface area is 185 Å². The van der Waals surface area contributed by atoms with Crippen LogP contribution >= 0.6 is 0 Å². The van der Waals surface area contributed by atoms with Gasteiger partial charge in [-0.05, 0) is 21.5 Å². The fraction of sp³-hybridized carbons (Fsp3) is 0.0714. The molecule has 4 nitrogen and oxygen atoms in total. The molecule has 0 radical (unpaired) electrons. The average molecular weight is 416 g/mol. The Hall–Kier alpha value is -4.18. The first-order valence-corrected chi connectivity index (χ1v) is 10.6. The maximum absolute atomic E-state index is 13.6. The standard InChI is InChI=1S/C28H20N2O2/c1-29-25(21-15-7-11-17-9-3-5-13-19(17)21)23-24(27(29)31)26(30(2)28(23)32)22-16-8-12-18-10-4-6-14-20(18)22/h3-16H,1-2H3. The fourth-order valence-electron chi connectivity index (χ4n) is 5.02. The molecule has 154 valence electrons. The molecule has 4 aromatic rings. The van der Waals surface area contributed by atoms with Gasteiger partial charge in [0.1, 0.15) is 0 Å². The van der Waals surface area contributed by atoms with E-state index in [0.29, 0.717) is 22.5 Å². The third kappa shape index (κ3) is 2.38. The quantitative estimate of drug-likeness (QED) is 0.458. The van der Waals surface area contributed by atoms with E-state index in [-0.39, 0.29) is 11.8 Å². The number of rotatable bonds is 2. The molecule has 2 amide bonds. The number of hydrogen-bond donors (Lipinski definition) is 0. The monoisotopic (exact) mass is 416 g/mol. The zero-order valence-corrected chi connectivity index (χ0v) is 17.8. The van der Waals surface area contributed by atoms with E-state index in [9.17, 15) is 9.59 Å². The van der Waals surface area contributed by atoms with Gasteiger partial charge < -0.3 is 9.80 Å². The second-order valence-corrected chi connectivity index (χ2v) is 8.23. The molecule has 0 atom stereocenters. The summed E-state index contributed by atoms with van der Waals surface area (Å²) < 4.78 is 0. The number of likely N-dealkylation sites (N-methyl/N-ethyl adjacent to an activating group) is 2. The Balaban J connectivity index is 1.69. The van der Waals surface area contributed by atoms with Gasteiger partial charge in [0.15, 0.2) is 0 Å². The predicted octanol–water partition coefficient (Wildman–Crippen LogP) is 5.06. The van der Waals surface area contributed by atoms with Gasteiger partial charge in [0.05, 0.1) is 22.5 Å². The number of carbonyl (C=O) groups is 2. The van der Waals surface area contributed by atoms with Crippen LogP contribution in [0, 0.1) is 0 Å². The molecule has 6 rings (SSSR count). The number of hydrogen-bond acceptors (Lipinski definition) is 2. The summed E-state index contributed by atoms with van der Waals surface area (Å²) in [5.74, 6) is -0.299. The molecule has 4 aromatic carbocycles. The van der Waals surface area contributed by atoms with Crippen molar-refractivity contribution >= 4 is 44.8 Å². The van der Waals surface area contributed by atoms with Gasteiger partial charge in [-0.25, -0.2) is 0 Å². The van der Waals surface area contributed by atoms with Gasteiger partial charge in [-0.3, -0.25) is 9.59 Å². The Kier molecular flexibility index (Phi) is 3.87. The molecule has 2 aliphatic heterocycles. The van der Waals surface area contributed by atoms with Crippen molar-refractivity contribution in [3.63, 3.8) is 0 Å². The minimum absolute atomic E-state index is 0.149. The van der Waals surface area contributed by atoms with Crippen LogP contribution in [0.3, 0.4) is 0 Å². The van der Waals surface area contributed by atoms with Gasteiger partial charge in [0.25, 0.3) is 11.8 Å². The molecule has 0 spiro atoms. The number of fused-ring (bicyclic) bond motifs is 3. The van der Waals surface area contributed by atoms with Crippen LogP contribution in [0.5, 0.6) is 0 Å². The predicted molar refractivity (Wildman–Crippen MR) is 127 cm³/mol. The summed E-state index contributed by atoms with van der Waals surface area (Å²) in [6, 6.07) is 28.1. The molecule has 0 N–H and O–H groups in total. The summed E-state index contributed by atoms with van der Waals surface area (Å²) in [7, 11) is 3.51. The zero-order valence-electron chi connectivity index (χ0n) is 17.8. The highest BCUT2D eigenvalue weighted by molar-refractivity contribution is 6.31. The Morgan fingerprint density at radius 3 is 1.31 bits per heavy atom. The number of amides is 2. The summed E-state index contributed by atoms with van der Waals surface area (Å²) in [6.45, 7) is 0. The Morgan fingerprint density at radius 1 is 0.500 bits per heavy atom. The van der Waals surface area contributed by atoms with Crippen molar-refractivity contribution in [3.05, 3.63) is 107 Å². The number of benzene rings is 4. The van der Waals surface area contributed by atoms with Crippen LogP contribution in [0.2, 0.25) is 0 Å². The molecular weight excluding hydrogens is 396 g/mol. The fourth-order valence-corrected chi connectivity index (χ4v) is 5.02. The van der Waals surface area contributed by atoms with E-state index in [4.69, 9.17) is 0 Å². The second kappa shape index (κ2) is 6.66. The minimum Gasteiger partial charge on any atom is -0.310 e. The van der Waals surface area contributed by atoms with Gasteiger partial charge in [-0.2, -0.15) is 0 Å². The van der Waals surface area contributed by atoms with Crippen LogP contribution in [0.15, 0.2) is 96.1 Å². The van der Waals surface area contributed by atoms with E-state index in [1.807, 2.05) is 84.9 Å². The van der Waals surface area contributed by atoms with E-state index in [1.54, 1.807) is 23.9 Å². The first-order valence-electron chi connectivity index (χ1n) is 10.6.